The fraction of sp³-hybridized carbons (Fsp3) is 0.381. The molecule has 1 atom stereocenters. The molecule has 3 aromatic rings. The van der Waals surface area contributed by atoms with Gasteiger partial charge in [0.2, 0.25) is 0 Å². The van der Waals surface area contributed by atoms with Crippen LogP contribution in [-0.2, 0) is 5.54 Å². The SMILES string of the molecule is C[C@@]1(c2cccc(F)c2)CCCN1c1ccn2ncc(NC(=O)N3CC(O)C3)c2n1. The summed E-state index contributed by atoms with van der Waals surface area (Å²) < 4.78 is 15.5. The maximum absolute atomic E-state index is 13.9. The van der Waals surface area contributed by atoms with E-state index in [1.807, 2.05) is 18.3 Å². The Morgan fingerprint density at radius 3 is 2.93 bits per heavy atom. The zero-order valence-corrected chi connectivity index (χ0v) is 16.6. The van der Waals surface area contributed by atoms with Crippen molar-refractivity contribution >= 4 is 23.2 Å². The predicted octanol–water partition coefficient (Wildman–Crippen LogP) is 2.59. The number of nitrogens with zero attached hydrogens (tertiary/aromatic N) is 5. The van der Waals surface area contributed by atoms with E-state index in [0.717, 1.165) is 30.8 Å². The summed E-state index contributed by atoms with van der Waals surface area (Å²) in [5.41, 5.74) is 1.59. The number of likely N-dealkylation sites (tertiary alicyclic amines) is 1. The molecule has 5 rings (SSSR count). The molecule has 1 aromatic carbocycles. The highest BCUT2D eigenvalue weighted by Gasteiger charge is 2.39. The van der Waals surface area contributed by atoms with Gasteiger partial charge in [0.15, 0.2) is 5.65 Å². The van der Waals surface area contributed by atoms with Crippen molar-refractivity contribution in [2.45, 2.75) is 31.4 Å². The highest BCUT2D eigenvalue weighted by molar-refractivity contribution is 5.93. The number of urea groups is 1. The van der Waals surface area contributed by atoms with Crippen LogP contribution in [-0.4, -0.2) is 56.4 Å². The van der Waals surface area contributed by atoms with Gasteiger partial charge in [0.25, 0.3) is 0 Å². The molecule has 9 heteroatoms. The zero-order valence-electron chi connectivity index (χ0n) is 16.6. The number of aliphatic hydroxyl groups excluding tert-OH is 1. The summed E-state index contributed by atoms with van der Waals surface area (Å²) in [6, 6.07) is 8.33. The minimum atomic E-state index is -0.458. The molecule has 4 heterocycles. The van der Waals surface area contributed by atoms with Crippen LogP contribution in [0.5, 0.6) is 0 Å². The summed E-state index contributed by atoms with van der Waals surface area (Å²) in [6.07, 6.45) is 4.78. The lowest BCUT2D eigenvalue weighted by atomic mass is 9.89. The Labute approximate surface area is 172 Å². The third-order valence-electron chi connectivity index (χ3n) is 6.11. The fourth-order valence-corrected chi connectivity index (χ4v) is 4.37. The van der Waals surface area contributed by atoms with Gasteiger partial charge in [0, 0.05) is 12.7 Å². The maximum Gasteiger partial charge on any atom is 0.322 e. The molecule has 0 bridgehead atoms. The average molecular weight is 410 g/mol. The largest absolute Gasteiger partial charge is 0.389 e. The van der Waals surface area contributed by atoms with E-state index in [9.17, 15) is 14.3 Å². The molecule has 2 saturated heterocycles. The van der Waals surface area contributed by atoms with Crippen molar-refractivity contribution in [2.75, 3.05) is 29.9 Å². The Balaban J connectivity index is 1.46. The number of carbonyl (C=O) groups excluding carboxylic acids is 1. The van der Waals surface area contributed by atoms with Gasteiger partial charge < -0.3 is 20.2 Å². The molecule has 0 spiro atoms. The van der Waals surface area contributed by atoms with E-state index < -0.39 is 6.10 Å². The molecule has 0 saturated carbocycles. The van der Waals surface area contributed by atoms with Crippen molar-refractivity contribution in [1.82, 2.24) is 19.5 Å². The van der Waals surface area contributed by atoms with Gasteiger partial charge in [-0.25, -0.2) is 18.7 Å². The van der Waals surface area contributed by atoms with E-state index in [0.29, 0.717) is 24.4 Å². The molecule has 2 aliphatic rings. The van der Waals surface area contributed by atoms with Crippen LogP contribution in [0.3, 0.4) is 0 Å². The Kier molecular flexibility index (Phi) is 4.35. The second kappa shape index (κ2) is 6.94. The predicted molar refractivity (Wildman–Crippen MR) is 110 cm³/mol. The topological polar surface area (TPSA) is 86.0 Å². The number of aliphatic hydroxyl groups is 1. The summed E-state index contributed by atoms with van der Waals surface area (Å²) in [4.78, 5) is 20.8. The summed E-state index contributed by atoms with van der Waals surface area (Å²) in [7, 11) is 0. The smallest absolute Gasteiger partial charge is 0.322 e. The summed E-state index contributed by atoms with van der Waals surface area (Å²) >= 11 is 0. The van der Waals surface area contributed by atoms with Crippen LogP contribution in [0.15, 0.2) is 42.7 Å². The second-order valence-electron chi connectivity index (χ2n) is 8.14. The number of hydrogen-bond acceptors (Lipinski definition) is 5. The van der Waals surface area contributed by atoms with E-state index in [2.05, 4.69) is 22.2 Å². The standard InChI is InChI=1S/C21H23FN6O2/c1-21(14-4-2-5-15(22)10-14)7-3-8-27(21)18-6-9-28-19(25-18)17(11-23-28)24-20(30)26-12-16(29)13-26/h2,4-6,9-11,16,29H,3,7-8,12-13H2,1H3,(H,24,30)/t21-/m0/s1. The molecular weight excluding hydrogens is 387 g/mol. The van der Waals surface area contributed by atoms with Gasteiger partial charge in [-0.1, -0.05) is 12.1 Å². The molecule has 0 unspecified atom stereocenters. The van der Waals surface area contributed by atoms with Gasteiger partial charge in [-0.15, -0.1) is 0 Å². The Bertz CT molecular complexity index is 1110. The van der Waals surface area contributed by atoms with Crippen LogP contribution in [0.2, 0.25) is 0 Å². The number of rotatable bonds is 3. The van der Waals surface area contributed by atoms with E-state index in [-0.39, 0.29) is 17.4 Å². The molecule has 8 nitrogen and oxygen atoms in total. The summed E-state index contributed by atoms with van der Waals surface area (Å²) in [6.45, 7) is 3.56. The minimum absolute atomic E-state index is 0.249. The van der Waals surface area contributed by atoms with Crippen molar-refractivity contribution in [2.24, 2.45) is 0 Å². The van der Waals surface area contributed by atoms with Gasteiger partial charge in [-0.3, -0.25) is 0 Å². The Morgan fingerprint density at radius 1 is 1.33 bits per heavy atom. The molecule has 2 amide bonds. The van der Waals surface area contributed by atoms with Gasteiger partial charge in [-0.2, -0.15) is 5.10 Å². The number of β-amino-alcohol motifs (C(OH)–C–C–N with tert-alkyl or cyclic N) is 1. The molecule has 156 valence electrons. The number of fused-ring (bicyclic) bond motifs is 1. The molecule has 2 aliphatic heterocycles. The lowest BCUT2D eigenvalue weighted by Crippen LogP contribution is -2.54. The first-order valence-corrected chi connectivity index (χ1v) is 10.1. The van der Waals surface area contributed by atoms with Crippen LogP contribution < -0.4 is 10.2 Å². The Hall–Kier alpha value is -3.20. The summed E-state index contributed by atoms with van der Waals surface area (Å²) in [5.74, 6) is 0.503. The van der Waals surface area contributed by atoms with Crippen LogP contribution in [0.4, 0.5) is 20.7 Å². The van der Waals surface area contributed by atoms with Gasteiger partial charge in [0.1, 0.15) is 17.3 Å². The molecule has 2 aromatic heterocycles. The van der Waals surface area contributed by atoms with E-state index in [1.54, 1.807) is 22.8 Å². The number of amides is 2. The lowest BCUT2D eigenvalue weighted by molar-refractivity contribution is 0.0309. The number of halogens is 1. The molecule has 0 radical (unpaired) electrons. The second-order valence-corrected chi connectivity index (χ2v) is 8.14. The van der Waals surface area contributed by atoms with Gasteiger partial charge in [0.05, 0.1) is 30.9 Å². The third-order valence-corrected chi connectivity index (χ3v) is 6.11. The molecular formula is C21H23FN6O2. The van der Waals surface area contributed by atoms with Gasteiger partial charge in [-0.05, 0) is 43.5 Å². The highest BCUT2D eigenvalue weighted by atomic mass is 19.1. The molecule has 2 fully saturated rings. The normalized spacial score (nSPS) is 21.8. The third kappa shape index (κ3) is 3.06. The van der Waals surface area contributed by atoms with Crippen LogP contribution in [0, 0.1) is 5.82 Å². The van der Waals surface area contributed by atoms with Crippen molar-refractivity contribution in [3.63, 3.8) is 0 Å². The van der Waals surface area contributed by atoms with E-state index in [4.69, 9.17) is 4.98 Å². The lowest BCUT2D eigenvalue weighted by Gasteiger charge is -2.37. The number of nitrogens with one attached hydrogen (secondary N) is 1. The number of anilines is 2. The molecule has 0 aliphatic carbocycles. The van der Waals surface area contributed by atoms with E-state index >= 15 is 0 Å². The maximum atomic E-state index is 13.9. The van der Waals surface area contributed by atoms with Crippen molar-refractivity contribution < 1.29 is 14.3 Å². The fourth-order valence-electron chi connectivity index (χ4n) is 4.37. The number of aromatic nitrogens is 3. The number of benzene rings is 1. The quantitative estimate of drug-likeness (QED) is 0.693. The molecule has 2 N–H and O–H groups in total. The number of carbonyl (C=O) groups is 1. The zero-order chi connectivity index (χ0) is 20.9. The first kappa shape index (κ1) is 18.8. The molecule has 30 heavy (non-hydrogen) atoms. The van der Waals surface area contributed by atoms with Crippen molar-refractivity contribution in [3.05, 3.63) is 54.1 Å². The first-order chi connectivity index (χ1) is 14.4. The number of hydrogen-bond donors (Lipinski definition) is 2. The van der Waals surface area contributed by atoms with E-state index in [1.165, 1.54) is 11.0 Å². The van der Waals surface area contributed by atoms with Crippen molar-refractivity contribution in [3.8, 4) is 0 Å². The van der Waals surface area contributed by atoms with Crippen molar-refractivity contribution in [1.29, 1.82) is 0 Å². The highest BCUT2D eigenvalue weighted by Crippen LogP contribution is 2.41. The van der Waals surface area contributed by atoms with Crippen LogP contribution >= 0.6 is 0 Å². The van der Waals surface area contributed by atoms with Crippen LogP contribution in [0.1, 0.15) is 25.3 Å². The monoisotopic (exact) mass is 410 g/mol. The average Bonchev–Trinajstić information content (AvgIpc) is 3.29. The van der Waals surface area contributed by atoms with Crippen LogP contribution in [0.25, 0.3) is 5.65 Å². The van der Waals surface area contributed by atoms with Gasteiger partial charge >= 0.3 is 6.03 Å². The first-order valence-electron chi connectivity index (χ1n) is 10.1. The Morgan fingerprint density at radius 2 is 2.17 bits per heavy atom. The minimum Gasteiger partial charge on any atom is -0.389 e. The summed E-state index contributed by atoms with van der Waals surface area (Å²) in [5, 5.41) is 16.5.